The molecule has 1 aliphatic carbocycles. The highest BCUT2D eigenvalue weighted by molar-refractivity contribution is 7.89. The van der Waals surface area contributed by atoms with Crippen LogP contribution in [0.25, 0.3) is 0 Å². The standard InChI is InChI=1S/C14H19NO4S/c1-9-7-12(8-13(10(9)2)20(15,17)18)14(16)19-6-5-11-3-4-11/h7-8,11H,3-6H2,1-2H3,(H2,15,17,18). The van der Waals surface area contributed by atoms with E-state index in [1.165, 1.54) is 18.9 Å². The SMILES string of the molecule is Cc1cc(C(=O)OCCC2CC2)cc(S(N)(=O)=O)c1C. The summed E-state index contributed by atoms with van der Waals surface area (Å²) in [6.45, 7) is 3.78. The molecule has 2 N–H and O–H groups in total. The molecule has 0 amide bonds. The van der Waals surface area contributed by atoms with Crippen molar-refractivity contribution in [3.05, 3.63) is 28.8 Å². The van der Waals surface area contributed by atoms with Gasteiger partial charge in [-0.05, 0) is 49.4 Å². The molecule has 1 fully saturated rings. The number of hydrogen-bond donors (Lipinski definition) is 1. The molecule has 0 bridgehead atoms. The molecule has 0 unspecified atom stereocenters. The first-order chi connectivity index (χ1) is 9.29. The number of aryl methyl sites for hydroxylation is 1. The van der Waals surface area contributed by atoms with Gasteiger partial charge in [0.25, 0.3) is 0 Å². The largest absolute Gasteiger partial charge is 0.462 e. The van der Waals surface area contributed by atoms with Crippen molar-refractivity contribution in [3.63, 3.8) is 0 Å². The topological polar surface area (TPSA) is 86.5 Å². The Bertz CT molecular complexity index is 633. The predicted molar refractivity (Wildman–Crippen MR) is 74.9 cm³/mol. The van der Waals surface area contributed by atoms with Crippen molar-refractivity contribution in [1.29, 1.82) is 0 Å². The van der Waals surface area contributed by atoms with Crippen LogP contribution in [0.3, 0.4) is 0 Å². The average Bonchev–Trinajstić information content (AvgIpc) is 3.14. The van der Waals surface area contributed by atoms with Gasteiger partial charge in [0.2, 0.25) is 10.0 Å². The summed E-state index contributed by atoms with van der Waals surface area (Å²) in [6.07, 6.45) is 3.28. The van der Waals surface area contributed by atoms with Gasteiger partial charge < -0.3 is 4.74 Å². The Kier molecular flexibility index (Phi) is 4.15. The van der Waals surface area contributed by atoms with Crippen LogP contribution in [0.5, 0.6) is 0 Å². The second-order valence-electron chi connectivity index (χ2n) is 5.33. The predicted octanol–water partition coefficient (Wildman–Crippen LogP) is 1.91. The van der Waals surface area contributed by atoms with Crippen LogP contribution in [0.1, 0.15) is 40.7 Å². The molecule has 1 aromatic rings. The first-order valence-corrected chi connectivity index (χ1v) is 8.15. The first-order valence-electron chi connectivity index (χ1n) is 6.60. The van der Waals surface area contributed by atoms with Gasteiger partial charge in [-0.1, -0.05) is 12.8 Å². The van der Waals surface area contributed by atoms with Crippen LogP contribution in [0, 0.1) is 19.8 Å². The summed E-state index contributed by atoms with van der Waals surface area (Å²) in [6, 6.07) is 2.92. The van der Waals surface area contributed by atoms with Gasteiger partial charge in [-0.2, -0.15) is 0 Å². The van der Waals surface area contributed by atoms with Crippen molar-refractivity contribution < 1.29 is 17.9 Å². The summed E-state index contributed by atoms with van der Waals surface area (Å²) in [7, 11) is -3.84. The van der Waals surface area contributed by atoms with E-state index in [0.29, 0.717) is 23.7 Å². The monoisotopic (exact) mass is 297 g/mol. The lowest BCUT2D eigenvalue weighted by atomic mass is 10.1. The minimum absolute atomic E-state index is 0.0216. The van der Waals surface area contributed by atoms with E-state index in [1.54, 1.807) is 19.9 Å². The number of nitrogens with two attached hydrogens (primary N) is 1. The molecule has 1 aromatic carbocycles. The zero-order valence-electron chi connectivity index (χ0n) is 11.7. The maximum Gasteiger partial charge on any atom is 0.338 e. The maximum atomic E-state index is 11.9. The van der Waals surface area contributed by atoms with E-state index in [1.807, 2.05) is 0 Å². The molecule has 0 atom stereocenters. The molecular weight excluding hydrogens is 278 g/mol. The van der Waals surface area contributed by atoms with Crippen LogP contribution >= 0.6 is 0 Å². The minimum atomic E-state index is -3.84. The zero-order chi connectivity index (χ0) is 14.9. The number of benzene rings is 1. The normalized spacial score (nSPS) is 15.2. The third-order valence-electron chi connectivity index (χ3n) is 3.62. The fraction of sp³-hybridized carbons (Fsp3) is 0.500. The lowest BCUT2D eigenvalue weighted by Gasteiger charge is -2.10. The second kappa shape index (κ2) is 5.54. The molecule has 110 valence electrons. The summed E-state index contributed by atoms with van der Waals surface area (Å²) in [5, 5.41) is 5.16. The third kappa shape index (κ3) is 3.58. The summed E-state index contributed by atoms with van der Waals surface area (Å²) >= 11 is 0. The average molecular weight is 297 g/mol. The Hall–Kier alpha value is -1.40. The fourth-order valence-corrected chi connectivity index (χ4v) is 2.93. The number of carbonyl (C=O) groups is 1. The summed E-state index contributed by atoms with van der Waals surface area (Å²) in [5.41, 5.74) is 1.49. The van der Waals surface area contributed by atoms with E-state index in [4.69, 9.17) is 9.88 Å². The fourth-order valence-electron chi connectivity index (χ4n) is 2.05. The number of esters is 1. The summed E-state index contributed by atoms with van der Waals surface area (Å²) < 4.78 is 28.2. The number of rotatable bonds is 5. The smallest absolute Gasteiger partial charge is 0.338 e. The van der Waals surface area contributed by atoms with E-state index in [2.05, 4.69) is 0 Å². The van der Waals surface area contributed by atoms with Crippen LogP contribution in [0.2, 0.25) is 0 Å². The molecule has 5 nitrogen and oxygen atoms in total. The highest BCUT2D eigenvalue weighted by atomic mass is 32.2. The molecule has 0 spiro atoms. The zero-order valence-corrected chi connectivity index (χ0v) is 12.5. The molecule has 2 rings (SSSR count). The Morgan fingerprint density at radius 2 is 2.00 bits per heavy atom. The Balaban J connectivity index is 2.18. The van der Waals surface area contributed by atoms with Gasteiger partial charge in [0.15, 0.2) is 0 Å². The highest BCUT2D eigenvalue weighted by Gasteiger charge is 2.22. The van der Waals surface area contributed by atoms with E-state index in [9.17, 15) is 13.2 Å². The first kappa shape index (κ1) is 15.0. The van der Waals surface area contributed by atoms with E-state index in [-0.39, 0.29) is 10.5 Å². The van der Waals surface area contributed by atoms with Crippen molar-refractivity contribution in [2.45, 2.75) is 38.0 Å². The number of carbonyl (C=O) groups excluding carboxylic acids is 1. The second-order valence-corrected chi connectivity index (χ2v) is 6.86. The van der Waals surface area contributed by atoms with Crippen molar-refractivity contribution in [1.82, 2.24) is 0 Å². The van der Waals surface area contributed by atoms with Gasteiger partial charge in [0.05, 0.1) is 17.1 Å². The molecule has 0 saturated heterocycles. The molecule has 0 heterocycles. The van der Waals surface area contributed by atoms with E-state index >= 15 is 0 Å². The lowest BCUT2D eigenvalue weighted by Crippen LogP contribution is -2.16. The summed E-state index contributed by atoms with van der Waals surface area (Å²) in [5.74, 6) is 0.182. The van der Waals surface area contributed by atoms with Crippen LogP contribution in [-0.4, -0.2) is 21.0 Å². The van der Waals surface area contributed by atoms with Gasteiger partial charge in [0.1, 0.15) is 0 Å². The molecule has 20 heavy (non-hydrogen) atoms. The van der Waals surface area contributed by atoms with Crippen LogP contribution in [-0.2, 0) is 14.8 Å². The number of primary sulfonamides is 1. The van der Waals surface area contributed by atoms with Gasteiger partial charge in [-0.3, -0.25) is 0 Å². The molecule has 0 aromatic heterocycles. The van der Waals surface area contributed by atoms with Gasteiger partial charge >= 0.3 is 5.97 Å². The molecule has 0 radical (unpaired) electrons. The Morgan fingerprint density at radius 3 is 2.55 bits per heavy atom. The van der Waals surface area contributed by atoms with Gasteiger partial charge in [0, 0.05) is 0 Å². The molecule has 1 aliphatic rings. The minimum Gasteiger partial charge on any atom is -0.462 e. The summed E-state index contributed by atoms with van der Waals surface area (Å²) in [4.78, 5) is 11.9. The van der Waals surface area contributed by atoms with Gasteiger partial charge in [-0.15, -0.1) is 0 Å². The number of ether oxygens (including phenoxy) is 1. The molecule has 6 heteroatoms. The van der Waals surface area contributed by atoms with E-state index < -0.39 is 16.0 Å². The Labute approximate surface area is 119 Å². The quantitative estimate of drug-likeness (QED) is 0.841. The maximum absolute atomic E-state index is 11.9. The van der Waals surface area contributed by atoms with Crippen molar-refractivity contribution in [2.75, 3.05) is 6.61 Å². The number of hydrogen-bond acceptors (Lipinski definition) is 4. The molecule has 0 aliphatic heterocycles. The van der Waals surface area contributed by atoms with E-state index in [0.717, 1.165) is 6.42 Å². The highest BCUT2D eigenvalue weighted by Crippen LogP contribution is 2.32. The van der Waals surface area contributed by atoms with Crippen LogP contribution in [0.15, 0.2) is 17.0 Å². The van der Waals surface area contributed by atoms with Crippen molar-refractivity contribution in [3.8, 4) is 0 Å². The van der Waals surface area contributed by atoms with Gasteiger partial charge in [-0.25, -0.2) is 18.4 Å². The van der Waals surface area contributed by atoms with Crippen molar-refractivity contribution in [2.24, 2.45) is 11.1 Å². The van der Waals surface area contributed by atoms with Crippen molar-refractivity contribution >= 4 is 16.0 Å². The van der Waals surface area contributed by atoms with Crippen LogP contribution in [0.4, 0.5) is 0 Å². The molecule has 1 saturated carbocycles. The van der Waals surface area contributed by atoms with Crippen LogP contribution < -0.4 is 5.14 Å². The lowest BCUT2D eigenvalue weighted by molar-refractivity contribution is 0.0494. The Morgan fingerprint density at radius 1 is 1.35 bits per heavy atom. The third-order valence-corrected chi connectivity index (χ3v) is 4.66. The molecular formula is C14H19NO4S. The number of sulfonamides is 1.